The number of rotatable bonds is 7. The van der Waals surface area contributed by atoms with Crippen LogP contribution < -0.4 is 10.6 Å². The van der Waals surface area contributed by atoms with Crippen molar-refractivity contribution < 1.29 is 18.0 Å². The topological polar surface area (TPSA) is 118 Å². The highest BCUT2D eigenvalue weighted by Gasteiger charge is 2.28. The summed E-state index contributed by atoms with van der Waals surface area (Å²) in [6, 6.07) is 7.12. The van der Waals surface area contributed by atoms with Crippen molar-refractivity contribution >= 4 is 49.6 Å². The summed E-state index contributed by atoms with van der Waals surface area (Å²) >= 11 is 7.55. The Kier molecular flexibility index (Phi) is 7.53. The van der Waals surface area contributed by atoms with Crippen LogP contribution in [0.3, 0.4) is 0 Å². The summed E-state index contributed by atoms with van der Waals surface area (Å²) in [6.45, 7) is 4.10. The van der Waals surface area contributed by atoms with Gasteiger partial charge >= 0.3 is 0 Å². The number of carbonyl (C=O) groups is 2. The summed E-state index contributed by atoms with van der Waals surface area (Å²) in [5.41, 5.74) is 2.59. The number of halogens is 1. The maximum atomic E-state index is 13.2. The summed E-state index contributed by atoms with van der Waals surface area (Å²) in [5, 5.41) is 5.40. The van der Waals surface area contributed by atoms with E-state index in [4.69, 9.17) is 11.6 Å². The van der Waals surface area contributed by atoms with E-state index in [0.29, 0.717) is 22.7 Å². The van der Waals surface area contributed by atoms with Crippen molar-refractivity contribution in [2.45, 2.75) is 50.4 Å². The molecule has 0 saturated heterocycles. The van der Waals surface area contributed by atoms with Gasteiger partial charge in [0.2, 0.25) is 15.0 Å². The lowest BCUT2D eigenvalue weighted by molar-refractivity contribution is 0.0956. The Morgan fingerprint density at radius 1 is 1.14 bits per heavy atom. The molecule has 0 unspecified atom stereocenters. The van der Waals surface area contributed by atoms with Gasteiger partial charge in [-0.2, -0.15) is 0 Å². The van der Waals surface area contributed by atoms with Crippen LogP contribution in [0.15, 0.2) is 35.6 Å². The third kappa shape index (κ3) is 5.39. The van der Waals surface area contributed by atoms with E-state index < -0.39 is 20.9 Å². The smallest absolute Gasteiger partial charge is 0.276 e. The number of nitrogens with one attached hydrogen (secondary N) is 2. The fraction of sp³-hybridized carbons (Fsp3) is 0.333. The number of aromatic nitrogens is 2. The number of sulfone groups is 1. The summed E-state index contributed by atoms with van der Waals surface area (Å²) in [4.78, 5) is 34.9. The second-order valence-electron chi connectivity index (χ2n) is 8.26. The molecule has 0 spiro atoms. The average Bonchev–Trinajstić information content (AvgIpc) is 3.18. The third-order valence-corrected chi connectivity index (χ3v) is 8.71. The number of thiophene rings is 1. The Bertz CT molecular complexity index is 1400. The molecule has 11 heteroatoms. The fourth-order valence-electron chi connectivity index (χ4n) is 4.01. The third-order valence-electron chi connectivity index (χ3n) is 5.78. The molecule has 1 aromatic carbocycles. The number of nitrogens with zero attached hydrogens (tertiary/aromatic N) is 2. The first-order chi connectivity index (χ1) is 16.7. The molecule has 0 fully saturated rings. The highest BCUT2D eigenvalue weighted by Crippen LogP contribution is 2.38. The number of carbonyl (C=O) groups excluding carboxylic acids is 2. The first-order valence-corrected chi connectivity index (χ1v) is 14.1. The predicted molar refractivity (Wildman–Crippen MR) is 136 cm³/mol. The molecule has 184 valence electrons. The van der Waals surface area contributed by atoms with Crippen LogP contribution in [-0.4, -0.2) is 36.7 Å². The quantitative estimate of drug-likeness (QED) is 0.437. The SMILES string of the molecule is CCNC(=O)c1c(NC(=O)c2nc(S(=O)(=O)Cc3ccccc3C)ncc2Cl)sc2c1CCCC2. The molecular weight excluding hydrogens is 508 g/mol. The highest BCUT2D eigenvalue weighted by molar-refractivity contribution is 7.90. The van der Waals surface area contributed by atoms with E-state index in [1.807, 2.05) is 26.0 Å². The van der Waals surface area contributed by atoms with Crippen LogP contribution in [0.5, 0.6) is 0 Å². The number of benzene rings is 1. The van der Waals surface area contributed by atoms with Gasteiger partial charge in [-0.15, -0.1) is 11.3 Å². The molecule has 35 heavy (non-hydrogen) atoms. The molecule has 4 rings (SSSR count). The fourth-order valence-corrected chi connectivity index (χ4v) is 6.77. The molecule has 2 N–H and O–H groups in total. The monoisotopic (exact) mass is 532 g/mol. The molecule has 2 amide bonds. The number of hydrogen-bond donors (Lipinski definition) is 2. The molecule has 2 aromatic heterocycles. The first kappa shape index (κ1) is 25.3. The Labute approximate surface area is 213 Å². The average molecular weight is 533 g/mol. The summed E-state index contributed by atoms with van der Waals surface area (Å²) < 4.78 is 26.0. The van der Waals surface area contributed by atoms with Crippen LogP contribution in [0.25, 0.3) is 0 Å². The molecule has 0 radical (unpaired) electrons. The number of anilines is 1. The molecule has 1 aliphatic rings. The van der Waals surface area contributed by atoms with E-state index in [9.17, 15) is 18.0 Å². The van der Waals surface area contributed by atoms with Gasteiger partial charge in [-0.3, -0.25) is 9.59 Å². The van der Waals surface area contributed by atoms with E-state index in [1.165, 1.54) is 11.3 Å². The van der Waals surface area contributed by atoms with E-state index in [1.54, 1.807) is 12.1 Å². The minimum absolute atomic E-state index is 0.0850. The lowest BCUT2D eigenvalue weighted by atomic mass is 9.95. The number of hydrogen-bond acceptors (Lipinski definition) is 7. The van der Waals surface area contributed by atoms with Gasteiger partial charge in [0.25, 0.3) is 11.8 Å². The summed E-state index contributed by atoms with van der Waals surface area (Å²) in [7, 11) is -3.94. The van der Waals surface area contributed by atoms with Crippen LogP contribution in [0.1, 0.15) is 62.2 Å². The minimum atomic E-state index is -3.94. The van der Waals surface area contributed by atoms with Gasteiger partial charge in [0.05, 0.1) is 22.5 Å². The van der Waals surface area contributed by atoms with Crippen molar-refractivity contribution in [3.63, 3.8) is 0 Å². The van der Waals surface area contributed by atoms with Gasteiger partial charge in [0, 0.05) is 11.4 Å². The summed E-state index contributed by atoms with van der Waals surface area (Å²) in [5.74, 6) is -1.26. The van der Waals surface area contributed by atoms with Gasteiger partial charge < -0.3 is 10.6 Å². The normalized spacial score (nSPS) is 13.2. The van der Waals surface area contributed by atoms with Gasteiger partial charge in [-0.1, -0.05) is 35.9 Å². The minimum Gasteiger partial charge on any atom is -0.352 e. The van der Waals surface area contributed by atoms with E-state index in [2.05, 4.69) is 20.6 Å². The Balaban J connectivity index is 1.65. The van der Waals surface area contributed by atoms with Crippen molar-refractivity contribution in [1.82, 2.24) is 15.3 Å². The summed E-state index contributed by atoms with van der Waals surface area (Å²) in [6.07, 6.45) is 4.72. The van der Waals surface area contributed by atoms with Crippen molar-refractivity contribution in [1.29, 1.82) is 0 Å². The molecule has 0 atom stereocenters. The van der Waals surface area contributed by atoms with Crippen LogP contribution in [-0.2, 0) is 28.4 Å². The molecule has 0 bridgehead atoms. The van der Waals surface area contributed by atoms with Crippen molar-refractivity contribution in [2.75, 3.05) is 11.9 Å². The van der Waals surface area contributed by atoms with Gasteiger partial charge in [0.1, 0.15) is 5.00 Å². The largest absolute Gasteiger partial charge is 0.352 e. The molecule has 3 aromatic rings. The maximum Gasteiger partial charge on any atom is 0.276 e. The van der Waals surface area contributed by atoms with Gasteiger partial charge in [-0.25, -0.2) is 18.4 Å². The van der Waals surface area contributed by atoms with Crippen LogP contribution in [0.4, 0.5) is 5.00 Å². The molecule has 0 saturated carbocycles. The van der Waals surface area contributed by atoms with Crippen molar-refractivity contribution in [3.8, 4) is 0 Å². The van der Waals surface area contributed by atoms with E-state index >= 15 is 0 Å². The highest BCUT2D eigenvalue weighted by atomic mass is 35.5. The van der Waals surface area contributed by atoms with E-state index in [-0.39, 0.29) is 22.4 Å². The van der Waals surface area contributed by atoms with Crippen LogP contribution >= 0.6 is 22.9 Å². The number of amides is 2. The van der Waals surface area contributed by atoms with Crippen molar-refractivity contribution in [3.05, 3.63) is 68.3 Å². The molecule has 0 aliphatic heterocycles. The lowest BCUT2D eigenvalue weighted by Gasteiger charge is -2.13. The molecule has 8 nitrogen and oxygen atoms in total. The maximum absolute atomic E-state index is 13.2. The zero-order valence-electron chi connectivity index (χ0n) is 19.4. The van der Waals surface area contributed by atoms with E-state index in [0.717, 1.165) is 47.9 Å². The Hall–Kier alpha value is -2.82. The second-order valence-corrected chi connectivity index (χ2v) is 11.7. The van der Waals surface area contributed by atoms with Crippen LogP contribution in [0.2, 0.25) is 5.02 Å². The first-order valence-electron chi connectivity index (χ1n) is 11.2. The number of fused-ring (bicyclic) bond motifs is 1. The number of aryl methyl sites for hydroxylation is 2. The Morgan fingerprint density at radius 2 is 1.89 bits per heavy atom. The van der Waals surface area contributed by atoms with Gasteiger partial charge in [0.15, 0.2) is 5.69 Å². The zero-order chi connectivity index (χ0) is 25.2. The molecule has 1 aliphatic carbocycles. The molecule has 2 heterocycles. The zero-order valence-corrected chi connectivity index (χ0v) is 21.7. The van der Waals surface area contributed by atoms with Crippen LogP contribution in [0, 0.1) is 6.92 Å². The lowest BCUT2D eigenvalue weighted by Crippen LogP contribution is -2.25. The second kappa shape index (κ2) is 10.4. The Morgan fingerprint density at radius 3 is 2.63 bits per heavy atom. The predicted octanol–water partition coefficient (Wildman–Crippen LogP) is 4.35. The standard InChI is InChI=1S/C24H25ClN4O4S2/c1-3-26-21(30)19-16-10-6-7-11-18(16)34-23(19)29-22(31)20-17(25)12-27-24(28-20)35(32,33)13-15-9-5-4-8-14(15)2/h4-5,8-9,12H,3,6-7,10-11,13H2,1-2H3,(H,26,30)(H,29,31). The van der Waals surface area contributed by atoms with Gasteiger partial charge in [-0.05, 0) is 56.2 Å². The van der Waals surface area contributed by atoms with Crippen molar-refractivity contribution in [2.24, 2.45) is 0 Å². The molecular formula is C24H25ClN4O4S2.